The summed E-state index contributed by atoms with van der Waals surface area (Å²) in [5, 5.41) is 2.64. The highest BCUT2D eigenvalue weighted by atomic mass is 19.1. The van der Waals surface area contributed by atoms with Crippen molar-refractivity contribution in [1.82, 2.24) is 5.32 Å². The van der Waals surface area contributed by atoms with Crippen LogP contribution in [0.3, 0.4) is 0 Å². The lowest BCUT2D eigenvalue weighted by Crippen LogP contribution is -2.36. The van der Waals surface area contributed by atoms with Crippen LogP contribution < -0.4 is 5.32 Å². The number of rotatable bonds is 6. The number of hydrogen-bond donors (Lipinski definition) is 1. The van der Waals surface area contributed by atoms with Gasteiger partial charge in [0.2, 0.25) is 5.76 Å². The van der Waals surface area contributed by atoms with Crippen LogP contribution >= 0.6 is 0 Å². The average molecular weight is 319 g/mol. The zero-order chi connectivity index (χ0) is 16.8. The first-order valence-electron chi connectivity index (χ1n) is 7.35. The van der Waals surface area contributed by atoms with Crippen molar-refractivity contribution in [2.45, 2.75) is 26.4 Å². The van der Waals surface area contributed by atoms with Crippen molar-refractivity contribution < 1.29 is 23.1 Å². The molecule has 1 atom stereocenters. The third kappa shape index (κ3) is 4.42. The van der Waals surface area contributed by atoms with Gasteiger partial charge in [0.05, 0.1) is 0 Å². The lowest BCUT2D eigenvalue weighted by molar-refractivity contribution is -0.129. The van der Waals surface area contributed by atoms with E-state index in [-0.39, 0.29) is 17.5 Å². The highest BCUT2D eigenvalue weighted by Crippen LogP contribution is 2.23. The Morgan fingerprint density at radius 3 is 2.57 bits per heavy atom. The molecule has 0 aliphatic rings. The number of furan rings is 1. The van der Waals surface area contributed by atoms with Gasteiger partial charge in [0.15, 0.2) is 6.10 Å². The molecular formula is C17H18FNO4. The summed E-state index contributed by atoms with van der Waals surface area (Å²) in [6.45, 7) is 3.94. The minimum atomic E-state index is -0.909. The van der Waals surface area contributed by atoms with Crippen LogP contribution in [-0.4, -0.2) is 24.5 Å². The Morgan fingerprint density at radius 1 is 1.22 bits per heavy atom. The maximum absolute atomic E-state index is 12.9. The first kappa shape index (κ1) is 16.7. The second-order valence-corrected chi connectivity index (χ2v) is 5.01. The number of amides is 1. The van der Waals surface area contributed by atoms with Crippen LogP contribution in [0, 0.1) is 5.82 Å². The van der Waals surface area contributed by atoms with Gasteiger partial charge in [-0.3, -0.25) is 4.79 Å². The number of ether oxygens (including phenoxy) is 1. The Bertz CT molecular complexity index is 678. The summed E-state index contributed by atoms with van der Waals surface area (Å²) in [6, 6.07) is 8.74. The minimum absolute atomic E-state index is 0.0144. The molecule has 122 valence electrons. The van der Waals surface area contributed by atoms with Gasteiger partial charge >= 0.3 is 5.97 Å². The zero-order valence-corrected chi connectivity index (χ0v) is 13.0. The van der Waals surface area contributed by atoms with E-state index in [9.17, 15) is 14.0 Å². The zero-order valence-electron chi connectivity index (χ0n) is 13.0. The van der Waals surface area contributed by atoms with Crippen LogP contribution in [0.1, 0.15) is 30.8 Å². The van der Waals surface area contributed by atoms with Crippen LogP contribution in [0.25, 0.3) is 11.3 Å². The molecule has 2 rings (SSSR count). The monoisotopic (exact) mass is 319 g/mol. The lowest BCUT2D eigenvalue weighted by Gasteiger charge is -2.11. The van der Waals surface area contributed by atoms with Crippen molar-refractivity contribution in [3.05, 3.63) is 48.0 Å². The van der Waals surface area contributed by atoms with E-state index in [1.54, 1.807) is 18.2 Å². The molecule has 0 radical (unpaired) electrons. The SMILES string of the molecule is CCCNC(=O)[C@H](C)OC(=O)c1ccc(-c2ccc(F)cc2)o1. The first-order valence-corrected chi connectivity index (χ1v) is 7.35. The number of carbonyl (C=O) groups excluding carboxylic acids is 2. The van der Waals surface area contributed by atoms with E-state index in [0.29, 0.717) is 17.9 Å². The molecule has 2 aromatic rings. The average Bonchev–Trinajstić information content (AvgIpc) is 3.03. The maximum atomic E-state index is 12.9. The molecule has 5 nitrogen and oxygen atoms in total. The second-order valence-electron chi connectivity index (χ2n) is 5.01. The molecule has 0 fully saturated rings. The van der Waals surface area contributed by atoms with E-state index in [1.165, 1.54) is 25.1 Å². The fourth-order valence-electron chi connectivity index (χ4n) is 1.88. The van der Waals surface area contributed by atoms with Gasteiger partial charge in [-0.1, -0.05) is 6.92 Å². The van der Waals surface area contributed by atoms with Gasteiger partial charge in [0.1, 0.15) is 11.6 Å². The van der Waals surface area contributed by atoms with Crippen molar-refractivity contribution in [2.75, 3.05) is 6.54 Å². The van der Waals surface area contributed by atoms with Gasteiger partial charge in [-0.15, -0.1) is 0 Å². The summed E-state index contributed by atoms with van der Waals surface area (Å²) in [6.07, 6.45) is -0.112. The van der Waals surface area contributed by atoms with Gasteiger partial charge in [-0.05, 0) is 49.7 Å². The van der Waals surface area contributed by atoms with Gasteiger partial charge in [-0.2, -0.15) is 0 Å². The normalized spacial score (nSPS) is 11.8. The maximum Gasteiger partial charge on any atom is 0.375 e. The molecule has 0 saturated carbocycles. The van der Waals surface area contributed by atoms with Crippen molar-refractivity contribution >= 4 is 11.9 Å². The molecule has 23 heavy (non-hydrogen) atoms. The predicted octanol–water partition coefficient (Wildman–Crippen LogP) is 3.16. The van der Waals surface area contributed by atoms with Crippen LogP contribution in [0.4, 0.5) is 4.39 Å². The Kier molecular flexibility index (Phi) is 5.51. The van der Waals surface area contributed by atoms with E-state index < -0.39 is 12.1 Å². The third-order valence-corrected chi connectivity index (χ3v) is 3.14. The number of benzene rings is 1. The molecule has 1 aromatic carbocycles. The Labute approximate surface area is 133 Å². The predicted molar refractivity (Wildman–Crippen MR) is 82.3 cm³/mol. The molecule has 0 aliphatic carbocycles. The summed E-state index contributed by atoms with van der Waals surface area (Å²) in [5.41, 5.74) is 0.638. The Morgan fingerprint density at radius 2 is 1.91 bits per heavy atom. The van der Waals surface area contributed by atoms with Crippen LogP contribution in [0.15, 0.2) is 40.8 Å². The van der Waals surface area contributed by atoms with Crippen molar-refractivity contribution in [2.24, 2.45) is 0 Å². The standard InChI is InChI=1S/C17H18FNO4/c1-3-10-19-16(20)11(2)22-17(21)15-9-8-14(23-15)12-4-6-13(18)7-5-12/h4-9,11H,3,10H2,1-2H3,(H,19,20)/t11-/m0/s1. The quantitative estimate of drug-likeness (QED) is 0.831. The molecule has 0 saturated heterocycles. The van der Waals surface area contributed by atoms with Gasteiger partial charge in [-0.25, -0.2) is 9.18 Å². The highest BCUT2D eigenvalue weighted by molar-refractivity contribution is 5.90. The number of halogens is 1. The van der Waals surface area contributed by atoms with Gasteiger partial charge in [0, 0.05) is 12.1 Å². The van der Waals surface area contributed by atoms with Gasteiger partial charge in [0.25, 0.3) is 5.91 Å². The summed E-state index contributed by atoms with van der Waals surface area (Å²) in [7, 11) is 0. The summed E-state index contributed by atoms with van der Waals surface area (Å²) in [4.78, 5) is 23.6. The molecule has 6 heteroatoms. The van der Waals surface area contributed by atoms with Crippen LogP contribution in [-0.2, 0) is 9.53 Å². The van der Waals surface area contributed by atoms with E-state index in [0.717, 1.165) is 6.42 Å². The molecule has 0 spiro atoms. The fourth-order valence-corrected chi connectivity index (χ4v) is 1.88. The summed E-state index contributed by atoms with van der Waals surface area (Å²) >= 11 is 0. The van der Waals surface area contributed by atoms with Crippen LogP contribution in [0.5, 0.6) is 0 Å². The van der Waals surface area contributed by atoms with E-state index in [4.69, 9.17) is 9.15 Å². The molecule has 1 heterocycles. The number of esters is 1. The van der Waals surface area contributed by atoms with Crippen molar-refractivity contribution in [3.8, 4) is 11.3 Å². The minimum Gasteiger partial charge on any atom is -0.449 e. The van der Waals surface area contributed by atoms with E-state index in [1.807, 2.05) is 6.92 Å². The summed E-state index contributed by atoms with van der Waals surface area (Å²) in [5.74, 6) is -1.03. The van der Waals surface area contributed by atoms with Crippen molar-refractivity contribution in [3.63, 3.8) is 0 Å². The van der Waals surface area contributed by atoms with Crippen molar-refractivity contribution in [1.29, 1.82) is 0 Å². The molecule has 1 N–H and O–H groups in total. The third-order valence-electron chi connectivity index (χ3n) is 3.14. The Hall–Kier alpha value is -2.63. The molecule has 0 aliphatic heterocycles. The first-order chi connectivity index (χ1) is 11.0. The molecule has 0 unspecified atom stereocenters. The van der Waals surface area contributed by atoms with Crippen LogP contribution in [0.2, 0.25) is 0 Å². The smallest absolute Gasteiger partial charge is 0.375 e. The lowest BCUT2D eigenvalue weighted by atomic mass is 10.2. The molecule has 1 amide bonds. The molecular weight excluding hydrogens is 301 g/mol. The number of nitrogens with one attached hydrogen (secondary N) is 1. The van der Waals surface area contributed by atoms with Gasteiger partial charge < -0.3 is 14.5 Å². The largest absolute Gasteiger partial charge is 0.449 e. The molecule has 1 aromatic heterocycles. The fraction of sp³-hybridized carbons (Fsp3) is 0.294. The van der Waals surface area contributed by atoms with E-state index in [2.05, 4.69) is 5.32 Å². The second kappa shape index (κ2) is 7.58. The number of hydrogen-bond acceptors (Lipinski definition) is 4. The van der Waals surface area contributed by atoms with E-state index >= 15 is 0 Å². The Balaban J connectivity index is 2.01. The summed E-state index contributed by atoms with van der Waals surface area (Å²) < 4.78 is 23.4. The number of carbonyl (C=O) groups is 2. The topological polar surface area (TPSA) is 68.5 Å². The highest BCUT2D eigenvalue weighted by Gasteiger charge is 2.21. The molecule has 0 bridgehead atoms.